The van der Waals surface area contributed by atoms with E-state index in [4.69, 9.17) is 0 Å². The van der Waals surface area contributed by atoms with Crippen LogP contribution in [-0.2, 0) is 37.5 Å². The van der Waals surface area contributed by atoms with E-state index in [1.807, 2.05) is 25.1 Å². The Bertz CT molecular complexity index is 362. The second kappa shape index (κ2) is 4.80. The van der Waals surface area contributed by atoms with Crippen LogP contribution in [0, 0.1) is 6.07 Å². The average Bonchev–Trinajstić information content (AvgIpc) is 2.47. The van der Waals surface area contributed by atoms with Gasteiger partial charge in [0.2, 0.25) is 0 Å². The minimum absolute atomic E-state index is 0. The minimum Gasteiger partial charge on any atom is -0.272 e. The summed E-state index contributed by atoms with van der Waals surface area (Å²) in [6, 6.07) is 10.3. The maximum atomic E-state index is 11.4. The van der Waals surface area contributed by atoms with Crippen LogP contribution < -0.4 is 5.01 Å². The molecule has 1 amide bonds. The van der Waals surface area contributed by atoms with Crippen molar-refractivity contribution >= 4 is 17.3 Å². The number of para-hydroxylation sites is 1. The van der Waals surface area contributed by atoms with Crippen molar-refractivity contribution in [3.63, 3.8) is 0 Å². The van der Waals surface area contributed by atoms with Crippen LogP contribution in [-0.4, -0.2) is 11.6 Å². The van der Waals surface area contributed by atoms with Crippen LogP contribution in [0.15, 0.2) is 29.4 Å². The maximum absolute atomic E-state index is 11.4. The largest absolute Gasteiger partial charge is 0.272 e. The molecule has 14 heavy (non-hydrogen) atoms. The Morgan fingerprint density at radius 3 is 2.79 bits per heavy atom. The van der Waals surface area contributed by atoms with Crippen LogP contribution in [0.25, 0.3) is 0 Å². The predicted octanol–water partition coefficient (Wildman–Crippen LogP) is 1.60. The van der Waals surface area contributed by atoms with Gasteiger partial charge in [-0.15, -0.1) is 6.07 Å². The van der Waals surface area contributed by atoms with Crippen molar-refractivity contribution in [1.29, 1.82) is 0 Å². The van der Waals surface area contributed by atoms with Gasteiger partial charge < -0.3 is 0 Å². The number of hydrogen-bond donors (Lipinski definition) is 0. The molecular formula is C10H9N2OY-. The molecule has 1 aliphatic heterocycles. The number of amides is 1. The first-order valence-electron chi connectivity index (χ1n) is 4.11. The number of hydrogen-bond acceptors (Lipinski definition) is 2. The topological polar surface area (TPSA) is 32.7 Å². The molecule has 0 N–H and O–H groups in total. The number of nitrogens with zero attached hydrogens (tertiary/aromatic N) is 2. The number of benzene rings is 1. The molecular weight excluding hydrogens is 253 g/mol. The third-order valence-corrected chi connectivity index (χ3v) is 1.83. The fourth-order valence-corrected chi connectivity index (χ4v) is 1.26. The first kappa shape index (κ1) is 11.5. The van der Waals surface area contributed by atoms with Crippen LogP contribution in [0.3, 0.4) is 0 Å². The fraction of sp³-hybridized carbons (Fsp3) is 0.200. The quantitative estimate of drug-likeness (QED) is 0.707. The van der Waals surface area contributed by atoms with E-state index >= 15 is 0 Å². The molecule has 4 heteroatoms. The molecule has 1 aliphatic rings. The van der Waals surface area contributed by atoms with Crippen molar-refractivity contribution in [2.24, 2.45) is 5.10 Å². The molecule has 0 bridgehead atoms. The number of hydrazone groups is 1. The van der Waals surface area contributed by atoms with Gasteiger partial charge in [0.15, 0.2) is 0 Å². The fourth-order valence-electron chi connectivity index (χ4n) is 1.26. The van der Waals surface area contributed by atoms with Gasteiger partial charge in [-0.25, -0.2) is 5.01 Å². The molecule has 1 aromatic rings. The molecule has 1 radical (unpaired) electrons. The van der Waals surface area contributed by atoms with Gasteiger partial charge in [-0.1, -0.05) is 0 Å². The molecule has 0 fully saturated rings. The van der Waals surface area contributed by atoms with Gasteiger partial charge in [0.05, 0.1) is 6.42 Å². The Morgan fingerprint density at radius 2 is 2.29 bits per heavy atom. The van der Waals surface area contributed by atoms with E-state index in [0.29, 0.717) is 12.1 Å². The minimum atomic E-state index is 0. The molecule has 0 unspecified atom stereocenters. The van der Waals surface area contributed by atoms with E-state index in [1.165, 1.54) is 5.01 Å². The molecule has 1 heterocycles. The first-order chi connectivity index (χ1) is 6.27. The number of anilines is 1. The zero-order chi connectivity index (χ0) is 9.26. The van der Waals surface area contributed by atoms with E-state index in [9.17, 15) is 4.79 Å². The van der Waals surface area contributed by atoms with Crippen molar-refractivity contribution in [2.45, 2.75) is 13.3 Å². The van der Waals surface area contributed by atoms with E-state index in [1.54, 1.807) is 6.07 Å². The van der Waals surface area contributed by atoms with Gasteiger partial charge in [0, 0.05) is 38.4 Å². The molecule has 0 spiro atoms. The number of rotatable bonds is 1. The second-order valence-corrected chi connectivity index (χ2v) is 2.97. The summed E-state index contributed by atoms with van der Waals surface area (Å²) in [5.41, 5.74) is 1.56. The van der Waals surface area contributed by atoms with Crippen LogP contribution in [0.1, 0.15) is 13.3 Å². The molecule has 3 nitrogen and oxygen atoms in total. The second-order valence-electron chi connectivity index (χ2n) is 2.97. The molecule has 1 aromatic carbocycles. The Kier molecular flexibility index (Phi) is 3.96. The van der Waals surface area contributed by atoms with Crippen molar-refractivity contribution in [2.75, 3.05) is 5.01 Å². The van der Waals surface area contributed by atoms with Crippen LogP contribution >= 0.6 is 0 Å². The summed E-state index contributed by atoms with van der Waals surface area (Å²) < 4.78 is 0. The number of carbonyl (C=O) groups is 1. The Morgan fingerprint density at radius 1 is 1.50 bits per heavy atom. The smallest absolute Gasteiger partial charge is 0.251 e. The predicted molar refractivity (Wildman–Crippen MR) is 50.5 cm³/mol. The Balaban J connectivity index is 0.000000980. The SMILES string of the molecule is CC1=NN(c2[c-]cccc2)C(=O)C1.[Y]. The normalized spacial score (nSPS) is 15.1. The first-order valence-corrected chi connectivity index (χ1v) is 4.11. The molecule has 0 saturated heterocycles. The van der Waals surface area contributed by atoms with Gasteiger partial charge in [-0.2, -0.15) is 29.4 Å². The standard InChI is InChI=1S/C10H9N2O.Y/c1-8-7-10(13)12(11-8)9-5-3-2-4-6-9;/h2-5H,7H2,1H3;/q-1;. The van der Waals surface area contributed by atoms with E-state index in [-0.39, 0.29) is 38.6 Å². The number of carbonyl (C=O) groups excluding carboxylic acids is 1. The van der Waals surface area contributed by atoms with E-state index < -0.39 is 0 Å². The molecule has 0 aromatic heterocycles. The van der Waals surface area contributed by atoms with Crippen molar-refractivity contribution < 1.29 is 37.5 Å². The van der Waals surface area contributed by atoms with Gasteiger partial charge in [0.1, 0.15) is 0 Å². The van der Waals surface area contributed by atoms with Crippen LogP contribution in [0.5, 0.6) is 0 Å². The molecule has 0 aliphatic carbocycles. The van der Waals surface area contributed by atoms with Crippen molar-refractivity contribution in [1.82, 2.24) is 0 Å². The van der Waals surface area contributed by atoms with Crippen molar-refractivity contribution in [3.05, 3.63) is 30.3 Å². The van der Waals surface area contributed by atoms with Crippen LogP contribution in [0.2, 0.25) is 0 Å². The van der Waals surface area contributed by atoms with Gasteiger partial charge in [-0.3, -0.25) is 4.79 Å². The zero-order valence-corrected chi connectivity index (χ0v) is 10.7. The zero-order valence-electron chi connectivity index (χ0n) is 7.90. The van der Waals surface area contributed by atoms with Gasteiger partial charge in [-0.05, 0) is 12.6 Å². The van der Waals surface area contributed by atoms with E-state index in [2.05, 4.69) is 11.2 Å². The Labute approximate surface area is 108 Å². The molecule has 0 atom stereocenters. The van der Waals surface area contributed by atoms with Crippen molar-refractivity contribution in [3.8, 4) is 0 Å². The summed E-state index contributed by atoms with van der Waals surface area (Å²) in [7, 11) is 0. The third-order valence-electron chi connectivity index (χ3n) is 1.83. The van der Waals surface area contributed by atoms with Gasteiger partial charge in [0.25, 0.3) is 5.91 Å². The third kappa shape index (κ3) is 2.28. The molecule has 69 valence electrons. The molecule has 0 saturated carbocycles. The summed E-state index contributed by atoms with van der Waals surface area (Å²) >= 11 is 0. The van der Waals surface area contributed by atoms with Crippen LogP contribution in [0.4, 0.5) is 5.69 Å². The summed E-state index contributed by atoms with van der Waals surface area (Å²) in [5, 5.41) is 5.51. The maximum Gasteiger partial charge on any atom is 0.251 e. The summed E-state index contributed by atoms with van der Waals surface area (Å²) in [4.78, 5) is 11.4. The monoisotopic (exact) mass is 262 g/mol. The summed E-state index contributed by atoms with van der Waals surface area (Å²) in [6.07, 6.45) is 0.419. The summed E-state index contributed by atoms with van der Waals surface area (Å²) in [6.45, 7) is 1.85. The van der Waals surface area contributed by atoms with E-state index in [0.717, 1.165) is 5.71 Å². The van der Waals surface area contributed by atoms with Gasteiger partial charge >= 0.3 is 0 Å². The molecule has 2 rings (SSSR count). The average molecular weight is 262 g/mol. The Hall–Kier alpha value is -0.536. The summed E-state index contributed by atoms with van der Waals surface area (Å²) in [5.74, 6) is 0.0138.